The number of amides is 2. The first-order valence-corrected chi connectivity index (χ1v) is 10.8. The molecule has 0 spiro atoms. The Hall–Kier alpha value is -3.13. The van der Waals surface area contributed by atoms with Gasteiger partial charge >= 0.3 is 0 Å². The summed E-state index contributed by atoms with van der Waals surface area (Å²) < 4.78 is 5.71. The molecule has 0 aliphatic heterocycles. The Balaban J connectivity index is 1.54. The first-order valence-electron chi connectivity index (χ1n) is 9.60. The third-order valence-electron chi connectivity index (χ3n) is 4.23. The molecule has 0 unspecified atom stereocenters. The van der Waals surface area contributed by atoms with Crippen LogP contribution in [-0.4, -0.2) is 16.9 Å². The average molecular weight is 488 g/mol. The number of halogens is 2. The molecule has 9 heteroatoms. The van der Waals surface area contributed by atoms with Crippen LogP contribution in [0.3, 0.4) is 0 Å². The third kappa shape index (κ3) is 6.43. The van der Waals surface area contributed by atoms with Crippen LogP contribution in [0.4, 0.5) is 11.4 Å². The Morgan fingerprint density at radius 2 is 1.69 bits per heavy atom. The fourth-order valence-electron chi connectivity index (χ4n) is 2.64. The van der Waals surface area contributed by atoms with Gasteiger partial charge in [-0.3, -0.25) is 14.9 Å². The van der Waals surface area contributed by atoms with Gasteiger partial charge in [0, 0.05) is 29.4 Å². The van der Waals surface area contributed by atoms with E-state index in [0.29, 0.717) is 44.9 Å². The summed E-state index contributed by atoms with van der Waals surface area (Å²) in [5.41, 5.74) is 2.01. The van der Waals surface area contributed by atoms with E-state index in [4.69, 9.17) is 39.8 Å². The van der Waals surface area contributed by atoms with Crippen LogP contribution in [0.2, 0.25) is 10.0 Å². The highest BCUT2D eigenvalue weighted by atomic mass is 35.5. The smallest absolute Gasteiger partial charge is 0.250 e. The Labute approximate surface area is 200 Å². The molecule has 0 fully saturated rings. The molecule has 3 aromatic rings. The van der Waals surface area contributed by atoms with Crippen molar-refractivity contribution in [2.75, 3.05) is 10.6 Å². The van der Waals surface area contributed by atoms with Gasteiger partial charge < -0.3 is 15.1 Å². The zero-order valence-corrected chi connectivity index (χ0v) is 19.3. The van der Waals surface area contributed by atoms with E-state index in [1.54, 1.807) is 61.5 Å². The zero-order valence-electron chi connectivity index (χ0n) is 16.9. The molecular formula is C23H19Cl2N3O3S. The van der Waals surface area contributed by atoms with Gasteiger partial charge in [-0.1, -0.05) is 36.2 Å². The first-order chi connectivity index (χ1) is 15.4. The summed E-state index contributed by atoms with van der Waals surface area (Å²) in [6, 6.07) is 15.7. The summed E-state index contributed by atoms with van der Waals surface area (Å²) in [5, 5.41) is 9.17. The van der Waals surface area contributed by atoms with Crippen molar-refractivity contribution < 1.29 is 14.0 Å². The second-order valence-corrected chi connectivity index (χ2v) is 7.75. The number of carbonyl (C=O) groups excluding carboxylic acids is 2. The van der Waals surface area contributed by atoms with Gasteiger partial charge in [0.1, 0.15) is 11.5 Å². The Kier molecular flexibility index (Phi) is 8.05. The quantitative estimate of drug-likeness (QED) is 0.287. The van der Waals surface area contributed by atoms with Crippen molar-refractivity contribution in [2.24, 2.45) is 0 Å². The average Bonchev–Trinajstić information content (AvgIpc) is 3.24. The molecule has 0 saturated carbocycles. The van der Waals surface area contributed by atoms with Crippen LogP contribution >= 0.6 is 35.4 Å². The van der Waals surface area contributed by atoms with Gasteiger partial charge in [0.25, 0.3) is 0 Å². The van der Waals surface area contributed by atoms with Gasteiger partial charge in [-0.15, -0.1) is 0 Å². The molecule has 1 heterocycles. The van der Waals surface area contributed by atoms with Crippen molar-refractivity contribution in [3.63, 3.8) is 0 Å². The largest absolute Gasteiger partial charge is 0.457 e. The molecule has 32 heavy (non-hydrogen) atoms. The third-order valence-corrected chi connectivity index (χ3v) is 5.25. The monoisotopic (exact) mass is 487 g/mol. The molecule has 3 N–H and O–H groups in total. The van der Waals surface area contributed by atoms with Crippen LogP contribution in [0.1, 0.15) is 19.1 Å². The fourth-order valence-corrected chi connectivity index (χ4v) is 3.25. The molecular weight excluding hydrogens is 469 g/mol. The van der Waals surface area contributed by atoms with Crippen LogP contribution in [0, 0.1) is 0 Å². The summed E-state index contributed by atoms with van der Waals surface area (Å²) in [4.78, 5) is 23.6. The van der Waals surface area contributed by atoms with Crippen molar-refractivity contribution in [3.05, 3.63) is 76.5 Å². The molecule has 0 bridgehead atoms. The number of benzene rings is 2. The summed E-state index contributed by atoms with van der Waals surface area (Å²) in [6.45, 7) is 1.78. The molecule has 0 aliphatic carbocycles. The van der Waals surface area contributed by atoms with Crippen LogP contribution in [0.15, 0.2) is 65.1 Å². The van der Waals surface area contributed by atoms with Crippen molar-refractivity contribution in [2.45, 2.75) is 13.3 Å². The topological polar surface area (TPSA) is 83.4 Å². The standard InChI is InChI=1S/C23H19Cl2N3O3S/c1-2-20(29)26-14-6-8-15(9-7-14)27-23(32)28-21(30)13-11-16-10-12-19(31-16)17-4-3-5-18(24)22(17)25/h3-13H,2H2,1H3,(H,26,29)(H2,27,28,30,32). The highest BCUT2D eigenvalue weighted by molar-refractivity contribution is 7.80. The number of hydrogen-bond donors (Lipinski definition) is 3. The predicted molar refractivity (Wildman–Crippen MR) is 133 cm³/mol. The van der Waals surface area contributed by atoms with Crippen molar-refractivity contribution in [1.29, 1.82) is 0 Å². The van der Waals surface area contributed by atoms with Crippen LogP contribution in [0.5, 0.6) is 0 Å². The van der Waals surface area contributed by atoms with Gasteiger partial charge in [-0.2, -0.15) is 0 Å². The van der Waals surface area contributed by atoms with Gasteiger partial charge in [-0.25, -0.2) is 0 Å². The van der Waals surface area contributed by atoms with Crippen LogP contribution in [0.25, 0.3) is 17.4 Å². The number of hydrogen-bond acceptors (Lipinski definition) is 4. The number of nitrogens with one attached hydrogen (secondary N) is 3. The fraction of sp³-hybridized carbons (Fsp3) is 0.0870. The second kappa shape index (κ2) is 10.9. The maximum atomic E-state index is 12.1. The van der Waals surface area contributed by atoms with Gasteiger partial charge in [0.2, 0.25) is 11.8 Å². The van der Waals surface area contributed by atoms with Gasteiger partial charge in [0.15, 0.2) is 5.11 Å². The maximum Gasteiger partial charge on any atom is 0.250 e. The lowest BCUT2D eigenvalue weighted by atomic mass is 10.2. The Bertz CT molecular complexity index is 1170. The van der Waals surface area contributed by atoms with E-state index >= 15 is 0 Å². The van der Waals surface area contributed by atoms with E-state index < -0.39 is 5.91 Å². The number of furan rings is 1. The molecule has 2 aromatic carbocycles. The van der Waals surface area contributed by atoms with E-state index in [0.717, 1.165) is 0 Å². The lowest BCUT2D eigenvalue weighted by Crippen LogP contribution is -2.32. The number of carbonyl (C=O) groups is 2. The molecule has 0 saturated heterocycles. The molecule has 3 rings (SSSR count). The summed E-state index contributed by atoms with van der Waals surface area (Å²) >= 11 is 17.4. The summed E-state index contributed by atoms with van der Waals surface area (Å²) in [7, 11) is 0. The molecule has 6 nitrogen and oxygen atoms in total. The summed E-state index contributed by atoms with van der Waals surface area (Å²) in [5.74, 6) is 0.510. The van der Waals surface area contributed by atoms with Gasteiger partial charge in [0.05, 0.1) is 10.0 Å². The van der Waals surface area contributed by atoms with E-state index in [1.165, 1.54) is 12.2 Å². The summed E-state index contributed by atoms with van der Waals surface area (Å²) in [6.07, 6.45) is 3.22. The molecule has 0 atom stereocenters. The van der Waals surface area contributed by atoms with E-state index in [-0.39, 0.29) is 11.0 Å². The van der Waals surface area contributed by atoms with Crippen LogP contribution in [-0.2, 0) is 9.59 Å². The Morgan fingerprint density at radius 3 is 2.38 bits per heavy atom. The van der Waals surface area contributed by atoms with Gasteiger partial charge in [-0.05, 0) is 66.8 Å². The van der Waals surface area contributed by atoms with E-state index in [9.17, 15) is 9.59 Å². The minimum absolute atomic E-state index is 0.0698. The maximum absolute atomic E-state index is 12.1. The minimum atomic E-state index is -0.423. The molecule has 0 radical (unpaired) electrons. The van der Waals surface area contributed by atoms with Crippen molar-refractivity contribution >= 4 is 69.8 Å². The normalized spacial score (nSPS) is 10.7. The van der Waals surface area contributed by atoms with Crippen molar-refractivity contribution in [3.8, 4) is 11.3 Å². The highest BCUT2D eigenvalue weighted by Gasteiger charge is 2.10. The first kappa shape index (κ1) is 23.5. The zero-order chi connectivity index (χ0) is 23.1. The number of anilines is 2. The van der Waals surface area contributed by atoms with E-state index in [1.807, 2.05) is 0 Å². The van der Waals surface area contributed by atoms with Crippen molar-refractivity contribution in [1.82, 2.24) is 5.32 Å². The highest BCUT2D eigenvalue weighted by Crippen LogP contribution is 2.34. The minimum Gasteiger partial charge on any atom is -0.457 e. The lowest BCUT2D eigenvalue weighted by Gasteiger charge is -2.09. The number of thiocarbonyl (C=S) groups is 1. The Morgan fingerprint density at radius 1 is 1.00 bits per heavy atom. The molecule has 164 valence electrons. The SMILES string of the molecule is CCC(=O)Nc1ccc(NC(=S)NC(=O)C=Cc2ccc(-c3cccc(Cl)c3Cl)o2)cc1. The van der Waals surface area contributed by atoms with Crippen LogP contribution < -0.4 is 16.0 Å². The number of rotatable bonds is 6. The predicted octanol–water partition coefficient (Wildman–Crippen LogP) is 6.13. The molecule has 0 aliphatic rings. The second-order valence-electron chi connectivity index (χ2n) is 6.56. The lowest BCUT2D eigenvalue weighted by molar-refractivity contribution is -0.116. The van der Waals surface area contributed by atoms with E-state index in [2.05, 4.69) is 16.0 Å². The molecule has 1 aromatic heterocycles. The molecule has 2 amide bonds.